The first-order chi connectivity index (χ1) is 4.54. The summed E-state index contributed by atoms with van der Waals surface area (Å²) in [7, 11) is 0. The van der Waals surface area contributed by atoms with E-state index < -0.39 is 0 Å². The topological polar surface area (TPSA) is 26.3 Å². The highest BCUT2D eigenvalue weighted by Gasteiger charge is 2.08. The molecule has 0 amide bonds. The van der Waals surface area contributed by atoms with Gasteiger partial charge in [-0.05, 0) is 0 Å². The van der Waals surface area contributed by atoms with Crippen LogP contribution in [0.5, 0.6) is 0 Å². The molecular formula is C8H15O2. The van der Waals surface area contributed by atoms with E-state index in [1.54, 1.807) is 0 Å². The van der Waals surface area contributed by atoms with Crippen molar-refractivity contribution in [3.63, 3.8) is 0 Å². The Morgan fingerprint density at radius 3 is 2.20 bits per heavy atom. The summed E-state index contributed by atoms with van der Waals surface area (Å²) in [6.45, 7) is 7.98. The van der Waals surface area contributed by atoms with E-state index in [4.69, 9.17) is 4.74 Å². The van der Waals surface area contributed by atoms with Crippen LogP contribution in [0, 0.1) is 11.8 Å². The molecule has 0 heterocycles. The molecule has 0 aliphatic rings. The highest BCUT2D eigenvalue weighted by atomic mass is 16.5. The summed E-state index contributed by atoms with van der Waals surface area (Å²) in [5, 5.41) is 0. The minimum absolute atomic E-state index is 0.0145. The minimum Gasteiger partial charge on any atom is -0.465 e. The van der Waals surface area contributed by atoms with Crippen molar-refractivity contribution < 1.29 is 9.53 Å². The predicted octanol–water partition coefficient (Wildman–Crippen LogP) is 1.80. The lowest BCUT2D eigenvalue weighted by Gasteiger charge is -2.07. The van der Waals surface area contributed by atoms with Crippen LogP contribution < -0.4 is 0 Å². The van der Waals surface area contributed by atoms with Gasteiger partial charge in [0.05, 0.1) is 12.5 Å². The molecule has 2 heteroatoms. The summed E-state index contributed by atoms with van der Waals surface area (Å²) in [5.41, 5.74) is 0. The third kappa shape index (κ3) is 4.36. The van der Waals surface area contributed by atoms with Crippen molar-refractivity contribution in [1.82, 2.24) is 0 Å². The van der Waals surface area contributed by atoms with Crippen molar-refractivity contribution >= 4 is 5.97 Å². The molecule has 0 N–H and O–H groups in total. The standard InChI is InChI=1S/C8H15O2/c1-6(2)5-10-8(9)7(3)4/h7H,5H2,1-4H3. The van der Waals surface area contributed by atoms with Gasteiger partial charge < -0.3 is 4.74 Å². The van der Waals surface area contributed by atoms with Gasteiger partial charge in [-0.15, -0.1) is 0 Å². The molecule has 0 saturated carbocycles. The number of hydrogen-bond donors (Lipinski definition) is 0. The second-order valence-electron chi connectivity index (χ2n) is 2.97. The van der Waals surface area contributed by atoms with Crippen LogP contribution >= 0.6 is 0 Å². The lowest BCUT2D eigenvalue weighted by molar-refractivity contribution is -0.146. The average Bonchev–Trinajstić information content (AvgIpc) is 1.82. The first-order valence-electron chi connectivity index (χ1n) is 3.49. The number of carbonyl (C=O) groups excluding carboxylic acids is 1. The maximum Gasteiger partial charge on any atom is 0.308 e. The van der Waals surface area contributed by atoms with Crippen molar-refractivity contribution in [3.8, 4) is 0 Å². The third-order valence-electron chi connectivity index (χ3n) is 0.975. The summed E-state index contributed by atoms with van der Waals surface area (Å²) < 4.78 is 4.89. The molecule has 2 nitrogen and oxygen atoms in total. The van der Waals surface area contributed by atoms with Crippen LogP contribution in [-0.4, -0.2) is 12.6 Å². The molecule has 0 bridgehead atoms. The fraction of sp³-hybridized carbons (Fsp3) is 0.750. The molecule has 0 aromatic carbocycles. The molecule has 10 heavy (non-hydrogen) atoms. The summed E-state index contributed by atoms with van der Waals surface area (Å²) in [5.74, 6) is 0.981. The lowest BCUT2D eigenvalue weighted by Crippen LogP contribution is -2.14. The summed E-state index contributed by atoms with van der Waals surface area (Å²) >= 11 is 0. The first kappa shape index (κ1) is 9.47. The third-order valence-corrected chi connectivity index (χ3v) is 0.975. The van der Waals surface area contributed by atoms with Crippen molar-refractivity contribution in [3.05, 3.63) is 5.92 Å². The summed E-state index contributed by atoms with van der Waals surface area (Å²) in [6.07, 6.45) is 0. The summed E-state index contributed by atoms with van der Waals surface area (Å²) in [6, 6.07) is 0. The van der Waals surface area contributed by atoms with Crippen LogP contribution in [0.1, 0.15) is 27.7 Å². The van der Waals surface area contributed by atoms with Crippen molar-refractivity contribution in [1.29, 1.82) is 0 Å². The van der Waals surface area contributed by atoms with E-state index >= 15 is 0 Å². The fourth-order valence-corrected chi connectivity index (χ4v) is 0.382. The summed E-state index contributed by atoms with van der Waals surface area (Å²) in [4.78, 5) is 10.8. The molecule has 0 aromatic rings. The molecule has 0 unspecified atom stereocenters. The monoisotopic (exact) mass is 143 g/mol. The van der Waals surface area contributed by atoms with Crippen LogP contribution in [0.2, 0.25) is 0 Å². The predicted molar refractivity (Wildman–Crippen MR) is 40.4 cm³/mol. The van der Waals surface area contributed by atoms with Gasteiger partial charge >= 0.3 is 5.97 Å². The Labute approximate surface area is 62.6 Å². The second-order valence-corrected chi connectivity index (χ2v) is 2.97. The number of hydrogen-bond acceptors (Lipinski definition) is 2. The van der Waals surface area contributed by atoms with Crippen molar-refractivity contribution in [2.45, 2.75) is 27.7 Å². The first-order valence-corrected chi connectivity index (χ1v) is 3.49. The highest BCUT2D eigenvalue weighted by molar-refractivity contribution is 5.71. The normalized spacial score (nSPS) is 10.6. The van der Waals surface area contributed by atoms with Gasteiger partial charge in [-0.1, -0.05) is 27.7 Å². The Balaban J connectivity index is 3.40. The van der Waals surface area contributed by atoms with Gasteiger partial charge in [0.1, 0.15) is 0 Å². The van der Waals surface area contributed by atoms with Crippen LogP contribution in [-0.2, 0) is 9.53 Å². The molecule has 59 valence electrons. The van der Waals surface area contributed by atoms with Gasteiger partial charge in [-0.25, -0.2) is 0 Å². The SMILES string of the molecule is C[C](C)COC(=O)C(C)C. The molecular weight excluding hydrogens is 128 g/mol. The zero-order chi connectivity index (χ0) is 8.15. The Hall–Kier alpha value is -0.530. The Morgan fingerprint density at radius 2 is 1.90 bits per heavy atom. The largest absolute Gasteiger partial charge is 0.465 e. The van der Waals surface area contributed by atoms with E-state index in [2.05, 4.69) is 0 Å². The number of carbonyl (C=O) groups is 1. The zero-order valence-electron chi connectivity index (χ0n) is 7.10. The quantitative estimate of drug-likeness (QED) is 0.563. The maximum atomic E-state index is 10.8. The highest BCUT2D eigenvalue weighted by Crippen LogP contribution is 2.00. The smallest absolute Gasteiger partial charge is 0.308 e. The molecule has 1 radical (unpaired) electrons. The Kier molecular flexibility index (Phi) is 4.08. The Morgan fingerprint density at radius 1 is 1.40 bits per heavy atom. The molecule has 0 aromatic heterocycles. The van der Waals surface area contributed by atoms with Gasteiger partial charge in [0.15, 0.2) is 0 Å². The van der Waals surface area contributed by atoms with E-state index in [0.717, 1.165) is 5.92 Å². The number of ether oxygens (including phenoxy) is 1. The average molecular weight is 143 g/mol. The molecule has 0 rings (SSSR count). The number of esters is 1. The lowest BCUT2D eigenvalue weighted by atomic mass is 10.2. The zero-order valence-corrected chi connectivity index (χ0v) is 7.10. The second kappa shape index (κ2) is 4.31. The Bertz CT molecular complexity index is 106. The molecule has 0 atom stereocenters. The van der Waals surface area contributed by atoms with E-state index in [1.807, 2.05) is 27.7 Å². The fourth-order valence-electron chi connectivity index (χ4n) is 0.382. The van der Waals surface area contributed by atoms with Gasteiger partial charge in [0.2, 0.25) is 0 Å². The minimum atomic E-state index is -0.124. The number of rotatable bonds is 3. The van der Waals surface area contributed by atoms with E-state index in [1.165, 1.54) is 0 Å². The molecule has 0 fully saturated rings. The molecule has 0 aliphatic carbocycles. The molecule has 0 saturated heterocycles. The van der Waals surface area contributed by atoms with Gasteiger partial charge in [-0.3, -0.25) is 4.79 Å². The van der Waals surface area contributed by atoms with E-state index in [-0.39, 0.29) is 11.9 Å². The van der Waals surface area contributed by atoms with Gasteiger partial charge in [0, 0.05) is 5.92 Å². The van der Waals surface area contributed by atoms with Crippen molar-refractivity contribution in [2.24, 2.45) is 5.92 Å². The maximum absolute atomic E-state index is 10.8. The van der Waals surface area contributed by atoms with Crippen molar-refractivity contribution in [2.75, 3.05) is 6.61 Å². The van der Waals surface area contributed by atoms with Gasteiger partial charge in [0.25, 0.3) is 0 Å². The van der Waals surface area contributed by atoms with Crippen LogP contribution in [0.4, 0.5) is 0 Å². The van der Waals surface area contributed by atoms with Crippen LogP contribution in [0.3, 0.4) is 0 Å². The molecule has 0 aliphatic heterocycles. The van der Waals surface area contributed by atoms with Crippen LogP contribution in [0.15, 0.2) is 0 Å². The van der Waals surface area contributed by atoms with E-state index in [9.17, 15) is 4.79 Å². The van der Waals surface area contributed by atoms with E-state index in [0.29, 0.717) is 6.61 Å². The molecule has 0 spiro atoms. The van der Waals surface area contributed by atoms with Gasteiger partial charge in [-0.2, -0.15) is 0 Å². The van der Waals surface area contributed by atoms with Crippen LogP contribution in [0.25, 0.3) is 0 Å².